The average molecular weight is 284 g/mol. The number of amides is 1. The number of aryl methyl sites for hydroxylation is 1. The Morgan fingerprint density at radius 3 is 2.90 bits per heavy atom. The Morgan fingerprint density at radius 2 is 2.10 bits per heavy atom. The van der Waals surface area contributed by atoms with Crippen molar-refractivity contribution in [2.45, 2.75) is 38.6 Å². The zero-order valence-corrected chi connectivity index (χ0v) is 12.2. The first-order valence-corrected chi connectivity index (χ1v) is 7.43. The van der Waals surface area contributed by atoms with E-state index in [1.807, 2.05) is 25.1 Å². The summed E-state index contributed by atoms with van der Waals surface area (Å²) in [6.45, 7) is 2.04. The highest BCUT2D eigenvalue weighted by Crippen LogP contribution is 2.29. The van der Waals surface area contributed by atoms with E-state index in [1.165, 1.54) is 0 Å². The highest BCUT2D eigenvalue weighted by molar-refractivity contribution is 5.92. The van der Waals surface area contributed by atoms with Crippen LogP contribution in [-0.2, 0) is 4.79 Å². The van der Waals surface area contributed by atoms with Crippen LogP contribution >= 0.6 is 0 Å². The van der Waals surface area contributed by atoms with Crippen molar-refractivity contribution >= 4 is 22.6 Å². The third kappa shape index (κ3) is 2.68. The van der Waals surface area contributed by atoms with E-state index >= 15 is 0 Å². The van der Waals surface area contributed by atoms with Crippen LogP contribution in [0.2, 0.25) is 0 Å². The van der Waals surface area contributed by atoms with Crippen LogP contribution in [0.15, 0.2) is 24.5 Å². The normalized spacial score (nSPS) is 22.1. The van der Waals surface area contributed by atoms with E-state index in [-0.39, 0.29) is 17.9 Å². The summed E-state index contributed by atoms with van der Waals surface area (Å²) in [5, 5.41) is 4.47. The van der Waals surface area contributed by atoms with E-state index in [4.69, 9.17) is 5.73 Å². The van der Waals surface area contributed by atoms with E-state index in [0.29, 0.717) is 0 Å². The highest BCUT2D eigenvalue weighted by atomic mass is 16.1. The molecule has 3 rings (SSSR count). The molecule has 5 heteroatoms. The minimum atomic E-state index is -0.220. The van der Waals surface area contributed by atoms with E-state index in [1.54, 1.807) is 6.33 Å². The van der Waals surface area contributed by atoms with Crippen molar-refractivity contribution in [2.75, 3.05) is 5.32 Å². The number of fused-ring (bicyclic) bond motifs is 1. The number of nitrogens with two attached hydrogens (primary N) is 1. The van der Waals surface area contributed by atoms with Gasteiger partial charge in [-0.05, 0) is 31.4 Å². The van der Waals surface area contributed by atoms with Crippen molar-refractivity contribution in [3.63, 3.8) is 0 Å². The lowest BCUT2D eigenvalue weighted by Gasteiger charge is -2.30. The summed E-state index contributed by atoms with van der Waals surface area (Å²) in [7, 11) is 0. The van der Waals surface area contributed by atoms with E-state index in [0.717, 1.165) is 48.0 Å². The monoisotopic (exact) mass is 284 g/mol. The number of carbonyl (C=O) groups is 1. The quantitative estimate of drug-likeness (QED) is 0.906. The van der Waals surface area contributed by atoms with Gasteiger partial charge in [-0.2, -0.15) is 0 Å². The second-order valence-corrected chi connectivity index (χ2v) is 5.74. The van der Waals surface area contributed by atoms with Gasteiger partial charge in [0.25, 0.3) is 0 Å². The van der Waals surface area contributed by atoms with Gasteiger partial charge in [0.2, 0.25) is 5.91 Å². The maximum absolute atomic E-state index is 11.6. The molecule has 0 bridgehead atoms. The lowest BCUT2D eigenvalue weighted by atomic mass is 9.84. The van der Waals surface area contributed by atoms with Crippen LogP contribution in [0, 0.1) is 12.8 Å². The number of hydrogen-bond acceptors (Lipinski definition) is 4. The van der Waals surface area contributed by atoms with Gasteiger partial charge in [0.05, 0.1) is 11.4 Å². The molecule has 0 unspecified atom stereocenters. The fraction of sp³-hybridized carbons (Fsp3) is 0.438. The van der Waals surface area contributed by atoms with Crippen molar-refractivity contribution < 1.29 is 4.79 Å². The number of benzene rings is 1. The molecule has 0 aliphatic heterocycles. The Balaban J connectivity index is 1.95. The SMILES string of the molecule is Cc1cccc2ncnc(N[C@H]3CCCC[C@H]3C(N)=O)c12. The minimum Gasteiger partial charge on any atom is -0.369 e. The third-order valence-corrected chi connectivity index (χ3v) is 4.32. The molecular weight excluding hydrogens is 264 g/mol. The van der Waals surface area contributed by atoms with Crippen molar-refractivity contribution in [2.24, 2.45) is 11.7 Å². The van der Waals surface area contributed by atoms with Crippen LogP contribution in [0.1, 0.15) is 31.2 Å². The van der Waals surface area contributed by atoms with Crippen LogP contribution in [0.4, 0.5) is 5.82 Å². The summed E-state index contributed by atoms with van der Waals surface area (Å²) in [6.07, 6.45) is 5.55. The molecule has 1 aliphatic rings. The Kier molecular flexibility index (Phi) is 3.73. The Bertz CT molecular complexity index is 665. The summed E-state index contributed by atoms with van der Waals surface area (Å²) in [5.41, 5.74) is 7.58. The molecule has 5 nitrogen and oxygen atoms in total. The zero-order chi connectivity index (χ0) is 14.8. The topological polar surface area (TPSA) is 80.9 Å². The van der Waals surface area contributed by atoms with Gasteiger partial charge in [0, 0.05) is 11.4 Å². The van der Waals surface area contributed by atoms with Crippen LogP contribution in [-0.4, -0.2) is 21.9 Å². The number of anilines is 1. The largest absolute Gasteiger partial charge is 0.369 e. The number of hydrogen-bond donors (Lipinski definition) is 2. The van der Waals surface area contributed by atoms with Gasteiger partial charge in [-0.15, -0.1) is 0 Å². The van der Waals surface area contributed by atoms with Gasteiger partial charge in [-0.3, -0.25) is 4.79 Å². The number of primary amides is 1. The third-order valence-electron chi connectivity index (χ3n) is 4.32. The molecular formula is C16H20N4O. The summed E-state index contributed by atoms with van der Waals surface area (Å²) in [6, 6.07) is 6.07. The maximum atomic E-state index is 11.6. The standard InChI is InChI=1S/C16H20N4O/c1-10-5-4-8-13-14(10)16(19-9-18-13)20-12-7-3-2-6-11(12)15(17)21/h4-5,8-9,11-12H,2-3,6-7H2,1H3,(H2,17,21)(H,18,19,20)/t11-,12+/m1/s1. The Morgan fingerprint density at radius 1 is 1.29 bits per heavy atom. The molecule has 21 heavy (non-hydrogen) atoms. The van der Waals surface area contributed by atoms with Crippen LogP contribution < -0.4 is 11.1 Å². The van der Waals surface area contributed by atoms with Gasteiger partial charge in [0.1, 0.15) is 12.1 Å². The summed E-state index contributed by atoms with van der Waals surface area (Å²) in [5.74, 6) is 0.464. The van der Waals surface area contributed by atoms with Gasteiger partial charge < -0.3 is 11.1 Å². The average Bonchev–Trinajstić information content (AvgIpc) is 2.48. The predicted octanol–water partition coefficient (Wildman–Crippen LogP) is 2.39. The van der Waals surface area contributed by atoms with Crippen LogP contribution in [0.25, 0.3) is 10.9 Å². The predicted molar refractivity (Wildman–Crippen MR) is 82.8 cm³/mol. The van der Waals surface area contributed by atoms with E-state index < -0.39 is 0 Å². The molecule has 1 aromatic heterocycles. The number of nitrogens with zero attached hydrogens (tertiary/aromatic N) is 2. The first kappa shape index (κ1) is 13.8. The Labute approximate surface area is 124 Å². The number of rotatable bonds is 3. The molecule has 110 valence electrons. The zero-order valence-electron chi connectivity index (χ0n) is 12.2. The molecule has 0 spiro atoms. The van der Waals surface area contributed by atoms with Crippen molar-refractivity contribution in [1.82, 2.24) is 9.97 Å². The van der Waals surface area contributed by atoms with Gasteiger partial charge in [0.15, 0.2) is 0 Å². The minimum absolute atomic E-state index is 0.0638. The second-order valence-electron chi connectivity index (χ2n) is 5.74. The number of aromatic nitrogens is 2. The van der Waals surface area contributed by atoms with Crippen molar-refractivity contribution in [3.8, 4) is 0 Å². The lowest BCUT2D eigenvalue weighted by Crippen LogP contribution is -2.40. The fourth-order valence-electron chi connectivity index (χ4n) is 3.21. The molecule has 1 aromatic carbocycles. The molecule has 0 saturated heterocycles. The van der Waals surface area contributed by atoms with Crippen LogP contribution in [0.3, 0.4) is 0 Å². The van der Waals surface area contributed by atoms with E-state index in [2.05, 4.69) is 15.3 Å². The molecule has 2 atom stereocenters. The van der Waals surface area contributed by atoms with Crippen molar-refractivity contribution in [1.29, 1.82) is 0 Å². The van der Waals surface area contributed by atoms with Crippen molar-refractivity contribution in [3.05, 3.63) is 30.1 Å². The summed E-state index contributed by atoms with van der Waals surface area (Å²) >= 11 is 0. The Hall–Kier alpha value is -2.17. The summed E-state index contributed by atoms with van der Waals surface area (Å²) in [4.78, 5) is 20.3. The molecule has 3 N–H and O–H groups in total. The van der Waals surface area contributed by atoms with E-state index in [9.17, 15) is 4.79 Å². The highest BCUT2D eigenvalue weighted by Gasteiger charge is 2.29. The summed E-state index contributed by atoms with van der Waals surface area (Å²) < 4.78 is 0. The first-order valence-electron chi connectivity index (χ1n) is 7.43. The lowest BCUT2D eigenvalue weighted by molar-refractivity contribution is -0.122. The van der Waals surface area contributed by atoms with Gasteiger partial charge in [-0.25, -0.2) is 9.97 Å². The second kappa shape index (κ2) is 5.68. The first-order chi connectivity index (χ1) is 10.2. The van der Waals surface area contributed by atoms with Gasteiger partial charge in [-0.1, -0.05) is 25.0 Å². The molecule has 1 saturated carbocycles. The number of nitrogens with one attached hydrogen (secondary N) is 1. The maximum Gasteiger partial charge on any atom is 0.222 e. The molecule has 1 amide bonds. The van der Waals surface area contributed by atoms with Crippen LogP contribution in [0.5, 0.6) is 0 Å². The number of carbonyl (C=O) groups excluding carboxylic acids is 1. The molecule has 1 aliphatic carbocycles. The van der Waals surface area contributed by atoms with Gasteiger partial charge >= 0.3 is 0 Å². The molecule has 1 fully saturated rings. The smallest absolute Gasteiger partial charge is 0.222 e. The molecule has 0 radical (unpaired) electrons. The molecule has 1 heterocycles. The fourth-order valence-corrected chi connectivity index (χ4v) is 3.21. The molecule has 2 aromatic rings.